The zero-order chi connectivity index (χ0) is 12.3. The lowest BCUT2D eigenvalue weighted by atomic mass is 9.79. The van der Waals surface area contributed by atoms with Gasteiger partial charge in [-0.15, -0.1) is 0 Å². The molecule has 0 heterocycles. The summed E-state index contributed by atoms with van der Waals surface area (Å²) in [6.45, 7) is 6.36. The van der Waals surface area contributed by atoms with Crippen molar-refractivity contribution in [2.45, 2.75) is 32.7 Å². The molecule has 0 spiro atoms. The van der Waals surface area contributed by atoms with Gasteiger partial charge in [-0.1, -0.05) is 38.4 Å². The lowest BCUT2D eigenvalue weighted by Crippen LogP contribution is -2.41. The highest BCUT2D eigenvalue weighted by Gasteiger charge is 2.29. The fourth-order valence-electron chi connectivity index (χ4n) is 1.90. The minimum atomic E-state index is -0.322. The fourth-order valence-corrected chi connectivity index (χ4v) is 2.09. The third kappa shape index (κ3) is 2.33. The fraction of sp³-hybridized carbons (Fsp3) is 0.538. The van der Waals surface area contributed by atoms with Crippen molar-refractivity contribution in [1.29, 1.82) is 0 Å². The van der Waals surface area contributed by atoms with Crippen LogP contribution in [-0.2, 0) is 5.54 Å². The van der Waals surface area contributed by atoms with Crippen LogP contribution in [-0.4, -0.2) is 7.11 Å². The van der Waals surface area contributed by atoms with Gasteiger partial charge >= 0.3 is 0 Å². The number of hydrogen-bond donors (Lipinski definition) is 1. The van der Waals surface area contributed by atoms with E-state index in [1.807, 2.05) is 18.2 Å². The third-order valence-electron chi connectivity index (χ3n) is 3.30. The number of ether oxygens (including phenoxy) is 1. The molecular weight excluding hydrogens is 222 g/mol. The average molecular weight is 242 g/mol. The molecule has 1 atom stereocenters. The van der Waals surface area contributed by atoms with E-state index in [9.17, 15) is 0 Å². The number of nitrogens with two attached hydrogens (primary N) is 1. The first kappa shape index (κ1) is 13.3. The van der Waals surface area contributed by atoms with Gasteiger partial charge in [-0.3, -0.25) is 0 Å². The maximum atomic E-state index is 6.44. The van der Waals surface area contributed by atoms with Crippen LogP contribution in [0.5, 0.6) is 5.75 Å². The van der Waals surface area contributed by atoms with E-state index in [0.29, 0.717) is 16.7 Å². The Morgan fingerprint density at radius 1 is 1.44 bits per heavy atom. The zero-order valence-electron chi connectivity index (χ0n) is 10.4. The summed E-state index contributed by atoms with van der Waals surface area (Å²) in [4.78, 5) is 0. The van der Waals surface area contributed by atoms with Gasteiger partial charge in [0, 0.05) is 5.54 Å². The summed E-state index contributed by atoms with van der Waals surface area (Å²) >= 11 is 6.00. The van der Waals surface area contributed by atoms with E-state index in [1.165, 1.54) is 0 Å². The minimum Gasteiger partial charge on any atom is -0.495 e. The Hall–Kier alpha value is -0.730. The minimum absolute atomic E-state index is 0.322. The summed E-state index contributed by atoms with van der Waals surface area (Å²) in [6.07, 6.45) is 0.884. The van der Waals surface area contributed by atoms with E-state index in [-0.39, 0.29) is 5.54 Å². The molecule has 1 aromatic rings. The Kier molecular flexibility index (Phi) is 4.22. The average Bonchev–Trinajstić information content (AvgIpc) is 2.28. The van der Waals surface area contributed by atoms with Crippen LogP contribution in [0, 0.1) is 5.92 Å². The first-order valence-electron chi connectivity index (χ1n) is 5.58. The second-order valence-corrected chi connectivity index (χ2v) is 4.81. The van der Waals surface area contributed by atoms with Crippen molar-refractivity contribution in [2.24, 2.45) is 11.7 Å². The highest BCUT2D eigenvalue weighted by Crippen LogP contribution is 2.34. The zero-order valence-corrected chi connectivity index (χ0v) is 11.1. The topological polar surface area (TPSA) is 35.2 Å². The molecule has 0 saturated carbocycles. The van der Waals surface area contributed by atoms with Gasteiger partial charge in [0.1, 0.15) is 5.75 Å². The van der Waals surface area contributed by atoms with Crippen LogP contribution in [0.2, 0.25) is 5.02 Å². The van der Waals surface area contributed by atoms with Crippen LogP contribution in [0.25, 0.3) is 0 Å². The van der Waals surface area contributed by atoms with Crippen LogP contribution in [0.15, 0.2) is 18.2 Å². The molecule has 3 heteroatoms. The van der Waals surface area contributed by atoms with Crippen molar-refractivity contribution in [3.63, 3.8) is 0 Å². The summed E-state index contributed by atoms with van der Waals surface area (Å²) < 4.78 is 5.22. The molecule has 2 nitrogen and oxygen atoms in total. The molecule has 1 unspecified atom stereocenters. The molecule has 0 aliphatic carbocycles. The van der Waals surface area contributed by atoms with E-state index >= 15 is 0 Å². The number of rotatable bonds is 4. The van der Waals surface area contributed by atoms with Gasteiger partial charge in [-0.2, -0.15) is 0 Å². The van der Waals surface area contributed by atoms with Crippen molar-refractivity contribution >= 4 is 11.6 Å². The van der Waals surface area contributed by atoms with Crippen molar-refractivity contribution in [2.75, 3.05) is 7.11 Å². The smallest absolute Gasteiger partial charge is 0.137 e. The van der Waals surface area contributed by atoms with Gasteiger partial charge in [0.25, 0.3) is 0 Å². The molecule has 90 valence electrons. The van der Waals surface area contributed by atoms with Gasteiger partial charge < -0.3 is 10.5 Å². The van der Waals surface area contributed by atoms with E-state index in [1.54, 1.807) is 7.11 Å². The normalized spacial score (nSPS) is 14.9. The Balaban J connectivity index is 3.21. The SMILES string of the molecule is CCC(N)(c1ccc(Cl)c(OC)c1)C(C)C. The van der Waals surface area contributed by atoms with Crippen molar-refractivity contribution in [3.05, 3.63) is 28.8 Å². The Labute approximate surface area is 103 Å². The van der Waals surface area contributed by atoms with Crippen molar-refractivity contribution < 1.29 is 4.74 Å². The van der Waals surface area contributed by atoms with Gasteiger partial charge in [-0.25, -0.2) is 0 Å². The molecule has 0 aromatic heterocycles. The van der Waals surface area contributed by atoms with Gasteiger partial charge in [-0.05, 0) is 30.0 Å². The number of benzene rings is 1. The Morgan fingerprint density at radius 2 is 2.06 bits per heavy atom. The molecule has 16 heavy (non-hydrogen) atoms. The molecular formula is C13H20ClNO. The van der Waals surface area contributed by atoms with E-state index in [2.05, 4.69) is 20.8 Å². The van der Waals surface area contributed by atoms with Crippen molar-refractivity contribution in [1.82, 2.24) is 0 Å². The third-order valence-corrected chi connectivity index (χ3v) is 3.62. The molecule has 0 saturated heterocycles. The monoisotopic (exact) mass is 241 g/mol. The van der Waals surface area contributed by atoms with Gasteiger partial charge in [0.15, 0.2) is 0 Å². The maximum absolute atomic E-state index is 6.44. The van der Waals surface area contributed by atoms with Gasteiger partial charge in [0.2, 0.25) is 0 Å². The highest BCUT2D eigenvalue weighted by molar-refractivity contribution is 6.32. The quantitative estimate of drug-likeness (QED) is 0.875. The van der Waals surface area contributed by atoms with Crippen LogP contribution >= 0.6 is 11.6 Å². The highest BCUT2D eigenvalue weighted by atomic mass is 35.5. The summed E-state index contributed by atoms with van der Waals surface area (Å²) in [5, 5.41) is 0.619. The van der Waals surface area contributed by atoms with Crippen LogP contribution < -0.4 is 10.5 Å². The summed E-state index contributed by atoms with van der Waals surface area (Å²) in [7, 11) is 1.62. The summed E-state index contributed by atoms with van der Waals surface area (Å²) in [5.74, 6) is 1.05. The molecule has 0 bridgehead atoms. The molecule has 0 aliphatic rings. The van der Waals surface area contributed by atoms with Crippen LogP contribution in [0.4, 0.5) is 0 Å². The second-order valence-electron chi connectivity index (χ2n) is 4.40. The molecule has 0 amide bonds. The molecule has 1 aromatic carbocycles. The first-order valence-corrected chi connectivity index (χ1v) is 5.96. The molecule has 2 N–H and O–H groups in total. The Morgan fingerprint density at radius 3 is 2.50 bits per heavy atom. The van der Waals surface area contributed by atoms with E-state index in [0.717, 1.165) is 12.0 Å². The molecule has 0 fully saturated rings. The van der Waals surface area contributed by atoms with Crippen molar-refractivity contribution in [3.8, 4) is 5.75 Å². The summed E-state index contributed by atoms with van der Waals surface area (Å²) in [5.41, 5.74) is 7.19. The maximum Gasteiger partial charge on any atom is 0.137 e. The number of halogens is 1. The number of hydrogen-bond acceptors (Lipinski definition) is 2. The Bertz CT molecular complexity index is 365. The molecule has 1 rings (SSSR count). The first-order chi connectivity index (χ1) is 7.45. The summed E-state index contributed by atoms with van der Waals surface area (Å²) in [6, 6.07) is 5.76. The van der Waals surface area contributed by atoms with E-state index < -0.39 is 0 Å². The predicted octanol–water partition coefficient (Wildman–Crippen LogP) is 3.57. The van der Waals surface area contributed by atoms with Crippen LogP contribution in [0.1, 0.15) is 32.8 Å². The predicted molar refractivity (Wildman–Crippen MR) is 69.0 cm³/mol. The van der Waals surface area contributed by atoms with Crippen LogP contribution in [0.3, 0.4) is 0 Å². The molecule has 0 radical (unpaired) electrons. The number of methoxy groups -OCH3 is 1. The second kappa shape index (κ2) is 5.07. The lowest BCUT2D eigenvalue weighted by molar-refractivity contribution is 0.304. The standard InChI is InChI=1S/C13H20ClNO/c1-5-13(15,9(2)3)10-6-7-11(14)12(8-10)16-4/h6-9H,5,15H2,1-4H3. The van der Waals surface area contributed by atoms with E-state index in [4.69, 9.17) is 22.1 Å². The molecule has 0 aliphatic heterocycles. The van der Waals surface area contributed by atoms with Gasteiger partial charge in [0.05, 0.1) is 12.1 Å². The lowest BCUT2D eigenvalue weighted by Gasteiger charge is -2.33. The largest absolute Gasteiger partial charge is 0.495 e.